The van der Waals surface area contributed by atoms with Crippen LogP contribution in [0.3, 0.4) is 0 Å². The smallest absolute Gasteiger partial charge is 0.460 e. The zero-order chi connectivity index (χ0) is 11.1. The van der Waals surface area contributed by atoms with Crippen LogP contribution in [-0.2, 0) is 10.5 Å². The largest absolute Gasteiger partial charge is 0.488 e. The van der Waals surface area contributed by atoms with Crippen LogP contribution in [0.25, 0.3) is 11.0 Å². The summed E-state index contributed by atoms with van der Waals surface area (Å²) in [5.41, 5.74) is 0.180. The molecule has 0 amide bonds. The van der Waals surface area contributed by atoms with Gasteiger partial charge in [0.25, 0.3) is 0 Å². The second-order valence-electron chi connectivity index (χ2n) is 2.72. The maximum Gasteiger partial charge on any atom is 0.488 e. The van der Waals surface area contributed by atoms with Crippen LogP contribution >= 0.6 is 15.9 Å². The van der Waals surface area contributed by atoms with Gasteiger partial charge in [0.2, 0.25) is 0 Å². The molecule has 0 fully saturated rings. The van der Waals surface area contributed by atoms with Gasteiger partial charge in [-0.25, -0.2) is 0 Å². The monoisotopic (exact) mass is 294 g/mol. The fourth-order valence-corrected chi connectivity index (χ4v) is 1.98. The zero-order valence-electron chi connectivity index (χ0n) is 7.11. The van der Waals surface area contributed by atoms with E-state index in [1.165, 1.54) is 12.3 Å². The lowest BCUT2D eigenvalue weighted by Crippen LogP contribution is -2.01. The number of fused-ring (bicyclic) bond motifs is 1. The molecule has 2 aromatic rings. The number of hydrogen-bond acceptors (Lipinski definition) is 4. The molecule has 7 heteroatoms. The van der Waals surface area contributed by atoms with Crippen molar-refractivity contribution >= 4 is 37.4 Å². The van der Waals surface area contributed by atoms with Gasteiger partial charge in [-0.2, -0.15) is 8.42 Å². The quantitative estimate of drug-likeness (QED) is 0.799. The molecule has 0 unspecified atom stereocenters. The third kappa shape index (κ3) is 2.29. The average molecular weight is 295 g/mol. The van der Waals surface area contributed by atoms with Crippen molar-refractivity contribution in [3.63, 3.8) is 0 Å². The third-order valence-electron chi connectivity index (χ3n) is 1.67. The summed E-state index contributed by atoms with van der Waals surface area (Å²) in [5.74, 6) is -0.188. The van der Waals surface area contributed by atoms with Gasteiger partial charge in [0.15, 0.2) is 11.3 Å². The molecule has 1 aromatic heterocycles. The maximum absolute atomic E-state index is 12.3. The Hall–Kier alpha value is -1.08. The summed E-state index contributed by atoms with van der Waals surface area (Å²) in [4.78, 5) is 0. The minimum Gasteiger partial charge on any atom is -0.460 e. The van der Waals surface area contributed by atoms with E-state index in [2.05, 4.69) is 20.1 Å². The molecule has 0 aliphatic rings. The van der Waals surface area contributed by atoms with Crippen molar-refractivity contribution in [1.29, 1.82) is 0 Å². The highest BCUT2D eigenvalue weighted by Gasteiger charge is 2.15. The van der Waals surface area contributed by atoms with E-state index in [1.807, 2.05) is 0 Å². The van der Waals surface area contributed by atoms with Gasteiger partial charge >= 0.3 is 10.5 Å². The predicted molar refractivity (Wildman–Crippen MR) is 54.6 cm³/mol. The molecule has 2 rings (SSSR count). The maximum atomic E-state index is 12.3. The van der Waals surface area contributed by atoms with E-state index >= 15 is 0 Å². The summed E-state index contributed by atoms with van der Waals surface area (Å²) in [7, 11) is -5.04. The summed E-state index contributed by atoms with van der Waals surface area (Å²) >= 11 is 3.14. The molecule has 0 N–H and O–H groups in total. The second kappa shape index (κ2) is 3.49. The van der Waals surface area contributed by atoms with Crippen LogP contribution in [0.4, 0.5) is 3.89 Å². The third-order valence-corrected chi connectivity index (χ3v) is 2.51. The Balaban J connectivity index is 2.63. The van der Waals surface area contributed by atoms with Gasteiger partial charge in [0.1, 0.15) is 0 Å². The highest BCUT2D eigenvalue weighted by Crippen LogP contribution is 2.31. The van der Waals surface area contributed by atoms with Gasteiger partial charge in [0.05, 0.1) is 6.26 Å². The van der Waals surface area contributed by atoms with Crippen molar-refractivity contribution in [2.24, 2.45) is 0 Å². The summed E-state index contributed by atoms with van der Waals surface area (Å²) in [6.07, 6.45) is 1.36. The first-order valence-corrected chi connectivity index (χ1v) is 5.87. The molecular formula is C8H4BrFO4S. The lowest BCUT2D eigenvalue weighted by Gasteiger charge is -2.01. The summed E-state index contributed by atoms with van der Waals surface area (Å²) in [6.45, 7) is 0. The van der Waals surface area contributed by atoms with E-state index in [9.17, 15) is 12.3 Å². The predicted octanol–water partition coefficient (Wildman–Crippen LogP) is 2.79. The Morgan fingerprint density at radius 2 is 2.13 bits per heavy atom. The standard InChI is InChI=1S/C8H4BrFO4S/c9-6-3-5-1-2-13-8(5)7(4-6)14-15(10,11)12/h1-4H. The minimum absolute atomic E-state index is 0.180. The van der Waals surface area contributed by atoms with Crippen LogP contribution in [0, 0.1) is 0 Å². The van der Waals surface area contributed by atoms with Crippen LogP contribution in [-0.4, -0.2) is 8.42 Å². The molecule has 80 valence electrons. The average Bonchev–Trinajstić information content (AvgIpc) is 2.48. The molecule has 0 atom stereocenters. The number of rotatable bonds is 2. The van der Waals surface area contributed by atoms with Crippen LogP contribution in [0.15, 0.2) is 33.4 Å². The van der Waals surface area contributed by atoms with E-state index in [1.54, 1.807) is 12.1 Å². The molecule has 0 spiro atoms. The van der Waals surface area contributed by atoms with Crippen molar-refractivity contribution in [2.45, 2.75) is 0 Å². The summed E-state index contributed by atoms with van der Waals surface area (Å²) in [5, 5.41) is 0.614. The topological polar surface area (TPSA) is 56.5 Å². The van der Waals surface area contributed by atoms with Crippen molar-refractivity contribution in [3.05, 3.63) is 28.9 Å². The van der Waals surface area contributed by atoms with Gasteiger partial charge in [-0.05, 0) is 12.1 Å². The zero-order valence-corrected chi connectivity index (χ0v) is 9.51. The molecule has 0 saturated carbocycles. The molecular weight excluding hydrogens is 291 g/mol. The van der Waals surface area contributed by atoms with Crippen LogP contribution in [0.2, 0.25) is 0 Å². The van der Waals surface area contributed by atoms with E-state index in [4.69, 9.17) is 4.42 Å². The molecule has 0 saturated heterocycles. The Morgan fingerprint density at radius 3 is 2.80 bits per heavy atom. The molecule has 1 aromatic carbocycles. The lowest BCUT2D eigenvalue weighted by molar-refractivity contribution is 0.437. The molecule has 0 radical (unpaired) electrons. The number of benzene rings is 1. The normalized spacial score (nSPS) is 11.9. The Bertz CT molecular complexity index is 604. The number of hydrogen-bond donors (Lipinski definition) is 0. The highest BCUT2D eigenvalue weighted by molar-refractivity contribution is 9.10. The van der Waals surface area contributed by atoms with E-state index in [0.717, 1.165) is 0 Å². The van der Waals surface area contributed by atoms with E-state index in [-0.39, 0.29) is 11.3 Å². The molecule has 15 heavy (non-hydrogen) atoms. The molecule has 0 bridgehead atoms. The Kier molecular flexibility index (Phi) is 2.43. The van der Waals surface area contributed by atoms with Crippen molar-refractivity contribution in [1.82, 2.24) is 0 Å². The van der Waals surface area contributed by atoms with Gasteiger partial charge in [-0.3, -0.25) is 0 Å². The molecule has 0 aliphatic heterocycles. The van der Waals surface area contributed by atoms with Gasteiger partial charge in [0, 0.05) is 15.9 Å². The van der Waals surface area contributed by atoms with Gasteiger partial charge < -0.3 is 8.60 Å². The molecule has 4 nitrogen and oxygen atoms in total. The first-order valence-electron chi connectivity index (χ1n) is 3.76. The minimum atomic E-state index is -5.04. The van der Waals surface area contributed by atoms with Crippen LogP contribution in [0.5, 0.6) is 5.75 Å². The van der Waals surface area contributed by atoms with Crippen molar-refractivity contribution in [2.75, 3.05) is 0 Å². The molecule has 0 aliphatic carbocycles. The SMILES string of the molecule is O=S(=O)(F)Oc1cc(Br)cc2ccoc12. The van der Waals surface area contributed by atoms with E-state index < -0.39 is 10.5 Å². The van der Waals surface area contributed by atoms with E-state index in [0.29, 0.717) is 9.86 Å². The number of furan rings is 1. The summed E-state index contributed by atoms with van der Waals surface area (Å²) in [6, 6.07) is 4.61. The van der Waals surface area contributed by atoms with Crippen LogP contribution in [0.1, 0.15) is 0 Å². The number of halogens is 2. The second-order valence-corrected chi connectivity index (χ2v) is 4.59. The lowest BCUT2D eigenvalue weighted by atomic mass is 10.2. The Morgan fingerprint density at radius 1 is 1.40 bits per heavy atom. The Labute approximate surface area is 93.2 Å². The first-order chi connectivity index (χ1) is 6.96. The summed E-state index contributed by atoms with van der Waals surface area (Å²) < 4.78 is 42.7. The first kappa shape index (κ1) is 10.4. The van der Waals surface area contributed by atoms with Gasteiger partial charge in [-0.1, -0.05) is 19.8 Å². The molecule has 1 heterocycles. The fraction of sp³-hybridized carbons (Fsp3) is 0. The van der Waals surface area contributed by atoms with Crippen molar-refractivity contribution in [3.8, 4) is 5.75 Å². The highest BCUT2D eigenvalue weighted by atomic mass is 79.9. The van der Waals surface area contributed by atoms with Crippen molar-refractivity contribution < 1.29 is 20.9 Å². The fourth-order valence-electron chi connectivity index (χ4n) is 1.18. The van der Waals surface area contributed by atoms with Gasteiger partial charge in [-0.15, -0.1) is 0 Å². The van der Waals surface area contributed by atoms with Crippen LogP contribution < -0.4 is 4.18 Å².